The summed E-state index contributed by atoms with van der Waals surface area (Å²) in [5.74, 6) is -3.50. The second kappa shape index (κ2) is 16.5. The standard InChI is InChI=1S/C41H53ClF3N5O9S/c1-22(2)57-31-19-28-27(13-10-14-29(28)42)34(46-31)58-26-18-30-33(51)48-40(36(53)49-60(55,56)39(7)15-16-39)20-25(40)12-9-8-11-23(3)17-24(4)32(35(52)50(30)21-26)47-37(54)59-38(5,6)41(43,44)45/h9-10,12-14,19,22-26,30,32H,8,11,15-18,20-21H2,1-7H3,(H,47,54)(H,48,51)(H,49,53)/b12-9-/t23-,24+,25+,26+,30-,32-,40+/m0/s1. The van der Waals surface area contributed by atoms with Gasteiger partial charge >= 0.3 is 12.3 Å². The summed E-state index contributed by atoms with van der Waals surface area (Å²) in [6.45, 7) is 9.88. The SMILES string of the molecule is CC(C)Oc1cc2c(Cl)cccc2c(O[C@@H]2C[C@H]3C(=O)N[C@]4(C(=O)NS(=O)(=O)C5(C)CC5)C[C@H]4/C=C\CC[C@H](C)C[C@@H](C)[C@H](NC(=O)OC(C)(C)C(F)(F)F)C(=O)N3C2)n1. The van der Waals surface area contributed by atoms with E-state index in [2.05, 4.69) is 20.3 Å². The summed E-state index contributed by atoms with van der Waals surface area (Å²) in [6.07, 6.45) is -1.83. The number of nitrogens with zero attached hydrogens (tertiary/aromatic N) is 2. The van der Waals surface area contributed by atoms with Crippen LogP contribution in [0.4, 0.5) is 18.0 Å². The van der Waals surface area contributed by atoms with Crippen LogP contribution < -0.4 is 24.8 Å². The average molecular weight is 884 g/mol. The van der Waals surface area contributed by atoms with Gasteiger partial charge in [-0.2, -0.15) is 18.2 Å². The van der Waals surface area contributed by atoms with E-state index in [0.717, 1.165) is 0 Å². The van der Waals surface area contributed by atoms with E-state index in [1.165, 1.54) is 11.8 Å². The maximum Gasteiger partial charge on any atom is 0.427 e. The van der Waals surface area contributed by atoms with Crippen molar-refractivity contribution in [2.45, 2.75) is 140 Å². The quantitative estimate of drug-likeness (QED) is 0.240. The van der Waals surface area contributed by atoms with Crippen molar-refractivity contribution in [1.82, 2.24) is 25.2 Å². The fourth-order valence-corrected chi connectivity index (χ4v) is 9.32. The van der Waals surface area contributed by atoms with E-state index < -0.39 is 85.9 Å². The summed E-state index contributed by atoms with van der Waals surface area (Å²) in [6, 6.07) is 3.94. The third-order valence-electron chi connectivity index (χ3n) is 11.9. The van der Waals surface area contributed by atoms with Gasteiger partial charge in [-0.25, -0.2) is 13.2 Å². The lowest BCUT2D eigenvalue weighted by atomic mass is 9.88. The third-order valence-corrected chi connectivity index (χ3v) is 14.4. The van der Waals surface area contributed by atoms with Gasteiger partial charge in [-0.3, -0.25) is 19.1 Å². The van der Waals surface area contributed by atoms with E-state index in [0.29, 0.717) is 61.7 Å². The van der Waals surface area contributed by atoms with Gasteiger partial charge in [0.05, 0.1) is 17.4 Å². The number of hydrogen-bond acceptors (Lipinski definition) is 10. The highest BCUT2D eigenvalue weighted by atomic mass is 35.5. The molecule has 4 aliphatic rings. The molecule has 2 saturated carbocycles. The number of aromatic nitrogens is 1. The largest absolute Gasteiger partial charge is 0.475 e. The molecule has 3 heterocycles. The zero-order valence-electron chi connectivity index (χ0n) is 34.7. The van der Waals surface area contributed by atoms with Crippen molar-refractivity contribution in [2.75, 3.05) is 6.54 Å². The van der Waals surface area contributed by atoms with Gasteiger partial charge in [0.25, 0.3) is 5.91 Å². The van der Waals surface area contributed by atoms with Crippen molar-refractivity contribution >= 4 is 56.2 Å². The number of carbonyl (C=O) groups is 4. The molecule has 60 heavy (non-hydrogen) atoms. The van der Waals surface area contributed by atoms with Gasteiger partial charge in [-0.05, 0) is 97.1 Å². The van der Waals surface area contributed by atoms with Crippen LogP contribution in [0.15, 0.2) is 36.4 Å². The van der Waals surface area contributed by atoms with Crippen molar-refractivity contribution in [1.29, 1.82) is 0 Å². The molecule has 0 radical (unpaired) electrons. The zero-order valence-corrected chi connectivity index (χ0v) is 36.2. The fourth-order valence-electron chi connectivity index (χ4n) is 7.78. The van der Waals surface area contributed by atoms with Crippen LogP contribution in [0.5, 0.6) is 11.8 Å². The number of halogens is 4. The number of rotatable bonds is 9. The number of nitrogens with one attached hydrogen (secondary N) is 3. The molecule has 6 rings (SSSR count). The summed E-state index contributed by atoms with van der Waals surface area (Å²) in [5.41, 5.74) is -4.56. The van der Waals surface area contributed by atoms with Gasteiger partial charge in [0.2, 0.25) is 39.2 Å². The number of alkyl carbamates (subject to hydrolysis) is 1. The first-order valence-electron chi connectivity index (χ1n) is 20.2. The van der Waals surface area contributed by atoms with Crippen LogP contribution in [-0.2, 0) is 29.1 Å². The minimum absolute atomic E-state index is 0.0528. The molecule has 0 unspecified atom stereocenters. The Kier molecular flexibility index (Phi) is 12.4. The van der Waals surface area contributed by atoms with Gasteiger partial charge < -0.3 is 29.7 Å². The van der Waals surface area contributed by atoms with Gasteiger partial charge in [0.15, 0.2) is 0 Å². The van der Waals surface area contributed by atoms with Gasteiger partial charge in [0.1, 0.15) is 23.7 Å². The number of ether oxygens (including phenoxy) is 3. The minimum atomic E-state index is -4.93. The molecular weight excluding hydrogens is 831 g/mol. The van der Waals surface area contributed by atoms with Crippen LogP contribution in [0.25, 0.3) is 10.8 Å². The van der Waals surface area contributed by atoms with Crippen LogP contribution >= 0.6 is 11.6 Å². The molecule has 2 aliphatic heterocycles. The molecule has 0 bridgehead atoms. The fraction of sp³-hybridized carbons (Fsp3) is 0.634. The summed E-state index contributed by atoms with van der Waals surface area (Å²) in [5, 5.41) is 6.62. The van der Waals surface area contributed by atoms with Crippen LogP contribution in [-0.4, -0.2) is 95.0 Å². The highest BCUT2D eigenvalue weighted by molar-refractivity contribution is 7.91. The third kappa shape index (κ3) is 9.43. The normalized spacial score (nSPS) is 29.0. The number of hydrogen-bond donors (Lipinski definition) is 3. The number of amides is 4. The Hall–Kier alpha value is -4.32. The Labute approximate surface area is 352 Å². The van der Waals surface area contributed by atoms with Crippen LogP contribution in [0.1, 0.15) is 93.4 Å². The molecule has 3 fully saturated rings. The lowest BCUT2D eigenvalue weighted by Crippen LogP contribution is -2.59. The van der Waals surface area contributed by atoms with Gasteiger partial charge in [0, 0.05) is 34.2 Å². The van der Waals surface area contributed by atoms with Crippen molar-refractivity contribution in [2.24, 2.45) is 17.8 Å². The summed E-state index contributed by atoms with van der Waals surface area (Å²) in [7, 11) is -4.10. The number of benzene rings is 1. The predicted molar refractivity (Wildman–Crippen MR) is 216 cm³/mol. The molecule has 1 aromatic heterocycles. The number of fused-ring (bicyclic) bond motifs is 3. The highest BCUT2D eigenvalue weighted by Crippen LogP contribution is 2.48. The Bertz CT molecular complexity index is 2170. The maximum absolute atomic E-state index is 14.8. The highest BCUT2D eigenvalue weighted by Gasteiger charge is 2.63. The molecule has 2 aromatic rings. The first kappa shape index (κ1) is 45.2. The molecular formula is C41H53ClF3N5O9S. The minimum Gasteiger partial charge on any atom is -0.475 e. The van der Waals surface area contributed by atoms with E-state index in [9.17, 15) is 40.8 Å². The molecule has 14 nitrogen and oxygen atoms in total. The zero-order chi connectivity index (χ0) is 44.2. The molecule has 3 N–H and O–H groups in total. The van der Waals surface area contributed by atoms with E-state index in [1.807, 2.05) is 26.8 Å². The van der Waals surface area contributed by atoms with Crippen LogP contribution in [0.2, 0.25) is 5.02 Å². The number of sulfonamides is 1. The Morgan fingerprint density at radius 3 is 2.45 bits per heavy atom. The second-order valence-corrected chi connectivity index (χ2v) is 20.4. The van der Waals surface area contributed by atoms with Crippen molar-refractivity contribution in [3.05, 3.63) is 41.4 Å². The molecule has 330 valence electrons. The molecule has 4 amide bonds. The van der Waals surface area contributed by atoms with Crippen molar-refractivity contribution in [3.8, 4) is 11.8 Å². The second-order valence-electron chi connectivity index (χ2n) is 17.7. The molecule has 0 spiro atoms. The van der Waals surface area contributed by atoms with Gasteiger partial charge in [-0.15, -0.1) is 0 Å². The summed E-state index contributed by atoms with van der Waals surface area (Å²) >= 11 is 6.56. The van der Waals surface area contributed by atoms with E-state index in [1.54, 1.807) is 37.3 Å². The Morgan fingerprint density at radius 1 is 1.10 bits per heavy atom. The van der Waals surface area contributed by atoms with Crippen LogP contribution in [0.3, 0.4) is 0 Å². The van der Waals surface area contributed by atoms with Crippen molar-refractivity contribution < 1.29 is 55.0 Å². The number of carbonyl (C=O) groups excluding carboxylic acids is 4. The monoisotopic (exact) mass is 883 g/mol. The number of pyridine rings is 1. The van der Waals surface area contributed by atoms with Crippen molar-refractivity contribution in [3.63, 3.8) is 0 Å². The number of allylic oxidation sites excluding steroid dienone is 1. The van der Waals surface area contributed by atoms with E-state index in [-0.39, 0.29) is 43.2 Å². The molecule has 1 saturated heterocycles. The van der Waals surface area contributed by atoms with Gasteiger partial charge in [-0.1, -0.05) is 43.7 Å². The summed E-state index contributed by atoms with van der Waals surface area (Å²) in [4.78, 5) is 62.3. The topological polar surface area (TPSA) is 182 Å². The lowest BCUT2D eigenvalue weighted by Gasteiger charge is -2.34. The summed E-state index contributed by atoms with van der Waals surface area (Å²) < 4.78 is 86.0. The smallest absolute Gasteiger partial charge is 0.427 e. The number of alkyl halides is 3. The first-order chi connectivity index (χ1) is 27.9. The molecule has 19 heteroatoms. The Morgan fingerprint density at radius 2 is 1.80 bits per heavy atom. The molecule has 1 aromatic carbocycles. The van der Waals surface area contributed by atoms with Crippen LogP contribution in [0, 0.1) is 17.8 Å². The molecule has 7 atom stereocenters. The lowest BCUT2D eigenvalue weighted by molar-refractivity contribution is -0.244. The average Bonchev–Trinajstić information content (AvgIpc) is 4.01. The first-order valence-corrected chi connectivity index (χ1v) is 22.1. The molecule has 2 aliphatic carbocycles. The van der Waals surface area contributed by atoms with E-state index in [4.69, 9.17) is 25.8 Å². The predicted octanol–water partition coefficient (Wildman–Crippen LogP) is 6.35. The van der Waals surface area contributed by atoms with E-state index >= 15 is 0 Å². The Balaban J connectivity index is 1.38. The maximum atomic E-state index is 14.8.